The number of anilines is 1. The lowest BCUT2D eigenvalue weighted by molar-refractivity contribution is 0.172. The van der Waals surface area contributed by atoms with Crippen LogP contribution in [0.5, 0.6) is 0 Å². The van der Waals surface area contributed by atoms with Gasteiger partial charge in [0.05, 0.1) is 6.26 Å². The Kier molecular flexibility index (Phi) is 6.18. The predicted molar refractivity (Wildman–Crippen MR) is 114 cm³/mol. The molecule has 3 rings (SSSR count). The number of amides is 1. The fourth-order valence-electron chi connectivity index (χ4n) is 2.91. The smallest absolute Gasteiger partial charge is 0.405 e. The van der Waals surface area contributed by atoms with Gasteiger partial charge in [0.15, 0.2) is 0 Å². The zero-order valence-corrected chi connectivity index (χ0v) is 18.5. The quantitative estimate of drug-likeness (QED) is 0.508. The molecule has 0 aliphatic heterocycles. The highest BCUT2D eigenvalue weighted by molar-refractivity contribution is 7.92. The van der Waals surface area contributed by atoms with Crippen LogP contribution in [0.1, 0.15) is 18.4 Å². The van der Waals surface area contributed by atoms with Crippen molar-refractivity contribution in [3.05, 3.63) is 59.1 Å². The highest BCUT2D eigenvalue weighted by atomic mass is 35.5. The number of rotatable bonds is 7. The summed E-state index contributed by atoms with van der Waals surface area (Å²) in [6.45, 7) is 1.63. The fourth-order valence-corrected chi connectivity index (χ4v) is 3.55. The molecule has 1 amide bonds. The van der Waals surface area contributed by atoms with Crippen LogP contribution in [-0.2, 0) is 22.0 Å². The Labute approximate surface area is 183 Å². The topological polar surface area (TPSA) is 139 Å². The van der Waals surface area contributed by atoms with Crippen LogP contribution < -0.4 is 9.62 Å². The van der Waals surface area contributed by atoms with Crippen LogP contribution in [0, 0.1) is 0 Å². The fraction of sp³-hybridized carbons (Fsp3) is 0.263. The summed E-state index contributed by atoms with van der Waals surface area (Å²) in [7, 11) is -2.23. The van der Waals surface area contributed by atoms with Gasteiger partial charge in [-0.1, -0.05) is 41.9 Å². The third-order valence-electron chi connectivity index (χ3n) is 4.53. The van der Waals surface area contributed by atoms with Gasteiger partial charge >= 0.3 is 6.09 Å². The van der Waals surface area contributed by atoms with Crippen LogP contribution >= 0.6 is 11.6 Å². The van der Waals surface area contributed by atoms with Crippen molar-refractivity contribution in [1.82, 2.24) is 20.5 Å². The molecule has 3 aromatic rings. The number of aromatic nitrogens is 3. The molecular weight excluding hydrogens is 446 g/mol. The average molecular weight is 466 g/mol. The highest BCUT2D eigenvalue weighted by Gasteiger charge is 2.35. The van der Waals surface area contributed by atoms with E-state index in [2.05, 4.69) is 20.5 Å². The van der Waals surface area contributed by atoms with Gasteiger partial charge in [0.25, 0.3) is 0 Å². The lowest BCUT2D eigenvalue weighted by atomic mass is 9.93. The predicted octanol–water partition coefficient (Wildman–Crippen LogP) is 2.91. The number of hydrogen-bond donors (Lipinski definition) is 2. The first kappa shape index (κ1) is 22.5. The summed E-state index contributed by atoms with van der Waals surface area (Å²) in [4.78, 5) is 15.4. The second-order valence-corrected chi connectivity index (χ2v) is 9.51. The van der Waals surface area contributed by atoms with Gasteiger partial charge in [-0.25, -0.2) is 18.2 Å². The van der Waals surface area contributed by atoms with E-state index < -0.39 is 21.7 Å². The van der Waals surface area contributed by atoms with Gasteiger partial charge < -0.3 is 14.8 Å². The zero-order valence-electron chi connectivity index (χ0n) is 16.9. The minimum Gasteiger partial charge on any atom is -0.465 e. The number of sulfonamides is 1. The third-order valence-corrected chi connectivity index (χ3v) is 5.90. The van der Waals surface area contributed by atoms with Crippen molar-refractivity contribution < 1.29 is 22.7 Å². The van der Waals surface area contributed by atoms with E-state index in [9.17, 15) is 18.3 Å². The molecule has 2 heterocycles. The minimum absolute atomic E-state index is 0.0264. The molecule has 1 aromatic carbocycles. The standard InChI is InChI=1S/C19H20ClN5O5S/c1-19(22-18(26)27,11-12-7-5-4-6-8-12)17-24-23-16(30-17)13-9-14(20)21-15(10-13)25(2)31(3,28)29/h4-10,22H,11H2,1-3H3,(H,26,27)/t19-/m1/s1. The third kappa shape index (κ3) is 5.30. The van der Waals surface area contributed by atoms with Crippen LogP contribution in [0.3, 0.4) is 0 Å². The average Bonchev–Trinajstić information content (AvgIpc) is 3.17. The summed E-state index contributed by atoms with van der Waals surface area (Å²) in [6, 6.07) is 12.1. The number of carboxylic acid groups (broad SMARTS) is 1. The van der Waals surface area contributed by atoms with E-state index in [1.165, 1.54) is 19.2 Å². The molecule has 164 valence electrons. The van der Waals surface area contributed by atoms with Crippen molar-refractivity contribution in [3.63, 3.8) is 0 Å². The van der Waals surface area contributed by atoms with Gasteiger partial charge in [-0.15, -0.1) is 10.2 Å². The summed E-state index contributed by atoms with van der Waals surface area (Å²) in [5.41, 5.74) is -0.00841. The number of hydrogen-bond acceptors (Lipinski definition) is 7. The summed E-state index contributed by atoms with van der Waals surface area (Å²) < 4.78 is 30.4. The van der Waals surface area contributed by atoms with Crippen LogP contribution in [0.4, 0.5) is 10.6 Å². The maximum absolute atomic E-state index is 11.8. The number of nitrogens with one attached hydrogen (secondary N) is 1. The normalized spacial score (nSPS) is 13.4. The van der Waals surface area contributed by atoms with Gasteiger partial charge in [0, 0.05) is 19.0 Å². The minimum atomic E-state index is -3.57. The largest absolute Gasteiger partial charge is 0.465 e. The monoisotopic (exact) mass is 465 g/mol. The van der Waals surface area contributed by atoms with Crippen LogP contribution in [-0.4, -0.2) is 48.1 Å². The molecule has 10 nitrogen and oxygen atoms in total. The first-order chi connectivity index (χ1) is 14.5. The lowest BCUT2D eigenvalue weighted by Gasteiger charge is -2.25. The number of nitrogens with zero attached hydrogens (tertiary/aromatic N) is 4. The SMILES string of the molecule is CN(c1cc(-c2nnc([C@@](C)(Cc3ccccc3)NC(=O)O)o2)cc(Cl)n1)S(C)(=O)=O. The Bertz CT molecular complexity index is 1200. The first-order valence-electron chi connectivity index (χ1n) is 8.99. The van der Waals surface area contributed by atoms with Gasteiger partial charge in [-0.2, -0.15) is 0 Å². The molecule has 0 radical (unpaired) electrons. The van der Waals surface area contributed by atoms with Crippen LogP contribution in [0.15, 0.2) is 46.9 Å². The molecule has 0 unspecified atom stereocenters. The number of pyridine rings is 1. The highest BCUT2D eigenvalue weighted by Crippen LogP contribution is 2.30. The molecule has 0 fully saturated rings. The molecule has 0 bridgehead atoms. The Morgan fingerprint density at radius 1 is 1.26 bits per heavy atom. The molecule has 0 spiro atoms. The van der Waals surface area contributed by atoms with Crippen molar-refractivity contribution >= 4 is 33.5 Å². The van der Waals surface area contributed by atoms with Gasteiger partial charge in [-0.05, 0) is 24.6 Å². The molecular formula is C19H20ClN5O5S. The molecule has 2 N–H and O–H groups in total. The molecule has 12 heteroatoms. The van der Waals surface area contributed by atoms with E-state index in [-0.39, 0.29) is 29.2 Å². The molecule has 0 saturated heterocycles. The summed E-state index contributed by atoms with van der Waals surface area (Å²) in [5, 5.41) is 19.8. The van der Waals surface area contributed by atoms with Crippen LogP contribution in [0.25, 0.3) is 11.5 Å². The zero-order chi connectivity index (χ0) is 22.8. The van der Waals surface area contributed by atoms with Crippen molar-refractivity contribution in [2.24, 2.45) is 0 Å². The van der Waals surface area contributed by atoms with E-state index >= 15 is 0 Å². The summed E-state index contributed by atoms with van der Waals surface area (Å²) in [5.74, 6) is 0.147. The second kappa shape index (κ2) is 8.52. The van der Waals surface area contributed by atoms with E-state index in [1.54, 1.807) is 6.92 Å². The van der Waals surface area contributed by atoms with Gasteiger partial charge in [0.2, 0.25) is 21.8 Å². The van der Waals surface area contributed by atoms with Gasteiger partial charge in [-0.3, -0.25) is 4.31 Å². The second-order valence-electron chi connectivity index (χ2n) is 7.10. The van der Waals surface area contributed by atoms with Crippen molar-refractivity contribution in [3.8, 4) is 11.5 Å². The van der Waals surface area contributed by atoms with E-state index in [0.717, 1.165) is 16.1 Å². The first-order valence-corrected chi connectivity index (χ1v) is 11.2. The number of benzene rings is 1. The molecule has 0 aliphatic rings. The molecule has 31 heavy (non-hydrogen) atoms. The molecule has 0 aliphatic carbocycles. The van der Waals surface area contributed by atoms with E-state index in [1.807, 2.05) is 30.3 Å². The maximum Gasteiger partial charge on any atom is 0.405 e. The maximum atomic E-state index is 11.8. The molecule has 2 aromatic heterocycles. The Morgan fingerprint density at radius 2 is 1.94 bits per heavy atom. The van der Waals surface area contributed by atoms with E-state index in [4.69, 9.17) is 16.0 Å². The Morgan fingerprint density at radius 3 is 2.55 bits per heavy atom. The van der Waals surface area contributed by atoms with E-state index in [0.29, 0.717) is 5.56 Å². The van der Waals surface area contributed by atoms with Gasteiger partial charge in [0.1, 0.15) is 16.5 Å². The molecule has 0 saturated carbocycles. The van der Waals surface area contributed by atoms with Crippen LogP contribution in [0.2, 0.25) is 5.15 Å². The summed E-state index contributed by atoms with van der Waals surface area (Å²) in [6.07, 6.45) is 0.0512. The molecule has 1 atom stereocenters. The Hall–Kier alpha value is -3.18. The van der Waals surface area contributed by atoms with Crippen molar-refractivity contribution in [2.45, 2.75) is 18.9 Å². The lowest BCUT2D eigenvalue weighted by Crippen LogP contribution is -2.44. The number of carbonyl (C=O) groups is 1. The Balaban J connectivity index is 2.00. The van der Waals surface area contributed by atoms with Crippen molar-refractivity contribution in [2.75, 3.05) is 17.6 Å². The van der Waals surface area contributed by atoms with Crippen molar-refractivity contribution in [1.29, 1.82) is 0 Å². The number of halogens is 1. The summed E-state index contributed by atoms with van der Waals surface area (Å²) >= 11 is 6.05.